The highest BCUT2D eigenvalue weighted by molar-refractivity contribution is 4.73. The number of hydrogen-bond acceptors (Lipinski definition) is 1. The number of rotatable bonds is 5. The van der Waals surface area contributed by atoms with E-state index in [1.807, 2.05) is 13.0 Å². The van der Waals surface area contributed by atoms with Crippen LogP contribution in [0.15, 0.2) is 17.8 Å². The molecule has 0 aromatic carbocycles. The van der Waals surface area contributed by atoms with Crippen LogP contribution in [0.4, 0.5) is 0 Å². The lowest BCUT2D eigenvalue weighted by atomic mass is 9.99. The van der Waals surface area contributed by atoms with Gasteiger partial charge in [-0.2, -0.15) is 0 Å². The maximum Gasteiger partial charge on any atom is 0.0371 e. The molecule has 0 saturated heterocycles. The van der Waals surface area contributed by atoms with Crippen LogP contribution in [0, 0.1) is 5.92 Å². The fourth-order valence-electron chi connectivity index (χ4n) is 0.817. The van der Waals surface area contributed by atoms with E-state index in [9.17, 15) is 0 Å². The highest BCUT2D eigenvalue weighted by atomic mass is 15.1. The summed E-state index contributed by atoms with van der Waals surface area (Å²) >= 11 is 0. The predicted octanol–water partition coefficient (Wildman–Crippen LogP) is 3.29. The van der Waals surface area contributed by atoms with Crippen LogP contribution in [0.2, 0.25) is 0 Å². The van der Waals surface area contributed by atoms with Crippen LogP contribution in [0.25, 0.3) is 10.4 Å². The molecule has 0 heterocycles. The van der Waals surface area contributed by atoms with Gasteiger partial charge in [-0.15, -0.1) is 6.58 Å². The molecular weight excluding hydrogens is 138 g/mol. The molecule has 0 aliphatic heterocycles. The molecule has 0 radical (unpaired) electrons. The van der Waals surface area contributed by atoms with Gasteiger partial charge in [-0.1, -0.05) is 25.0 Å². The molecule has 2 atom stereocenters. The third-order valence-corrected chi connectivity index (χ3v) is 1.88. The average molecular weight is 153 g/mol. The molecule has 0 aromatic rings. The second-order valence-corrected chi connectivity index (χ2v) is 2.79. The van der Waals surface area contributed by atoms with Gasteiger partial charge in [0.25, 0.3) is 0 Å². The second kappa shape index (κ2) is 5.81. The van der Waals surface area contributed by atoms with E-state index >= 15 is 0 Å². The summed E-state index contributed by atoms with van der Waals surface area (Å²) in [5.41, 5.74) is 8.15. The Morgan fingerprint density at radius 1 is 1.64 bits per heavy atom. The normalized spacial score (nSPS) is 14.7. The first-order valence-electron chi connectivity index (χ1n) is 3.87. The molecule has 0 saturated carbocycles. The summed E-state index contributed by atoms with van der Waals surface area (Å²) in [6.45, 7) is 7.66. The lowest BCUT2D eigenvalue weighted by Gasteiger charge is -2.12. The van der Waals surface area contributed by atoms with Crippen molar-refractivity contribution in [2.75, 3.05) is 0 Å². The van der Waals surface area contributed by atoms with Crippen molar-refractivity contribution in [1.29, 1.82) is 0 Å². The zero-order valence-electron chi connectivity index (χ0n) is 7.20. The summed E-state index contributed by atoms with van der Waals surface area (Å²) in [5.74, 6) is 0.448. The Balaban J connectivity index is 3.71. The van der Waals surface area contributed by atoms with Crippen LogP contribution in [0.1, 0.15) is 26.7 Å². The van der Waals surface area contributed by atoms with Gasteiger partial charge in [-0.25, -0.2) is 0 Å². The molecule has 0 bridgehead atoms. The minimum Gasteiger partial charge on any atom is -0.103 e. The predicted molar refractivity (Wildman–Crippen MR) is 47.2 cm³/mol. The Hall–Kier alpha value is -0.950. The van der Waals surface area contributed by atoms with Gasteiger partial charge in [0.05, 0.1) is 0 Å². The summed E-state index contributed by atoms with van der Waals surface area (Å²) in [6, 6.07) is 0.0972. The molecule has 3 nitrogen and oxygen atoms in total. The van der Waals surface area contributed by atoms with Gasteiger partial charge in [-0.05, 0) is 24.3 Å². The molecule has 0 unspecified atom stereocenters. The quantitative estimate of drug-likeness (QED) is 0.252. The minimum absolute atomic E-state index is 0.0972. The highest BCUT2D eigenvalue weighted by Crippen LogP contribution is 2.13. The van der Waals surface area contributed by atoms with Gasteiger partial charge in [0.15, 0.2) is 0 Å². The van der Waals surface area contributed by atoms with E-state index in [0.717, 1.165) is 12.8 Å². The first-order chi connectivity index (χ1) is 5.22. The largest absolute Gasteiger partial charge is 0.103 e. The average Bonchev–Trinajstić information content (AvgIpc) is 2.00. The Morgan fingerprint density at radius 2 is 2.27 bits per heavy atom. The van der Waals surface area contributed by atoms with Gasteiger partial charge >= 0.3 is 0 Å². The van der Waals surface area contributed by atoms with Crippen LogP contribution < -0.4 is 0 Å². The van der Waals surface area contributed by atoms with Crippen LogP contribution in [-0.2, 0) is 0 Å². The fraction of sp³-hybridized carbons (Fsp3) is 0.750. The molecule has 11 heavy (non-hydrogen) atoms. The summed E-state index contributed by atoms with van der Waals surface area (Å²) in [5, 5.41) is 3.62. The van der Waals surface area contributed by atoms with E-state index in [1.54, 1.807) is 0 Å². The van der Waals surface area contributed by atoms with Gasteiger partial charge in [0.2, 0.25) is 0 Å². The van der Waals surface area contributed by atoms with Gasteiger partial charge < -0.3 is 0 Å². The van der Waals surface area contributed by atoms with E-state index < -0.39 is 0 Å². The van der Waals surface area contributed by atoms with Crippen molar-refractivity contribution in [2.24, 2.45) is 11.0 Å². The molecule has 0 amide bonds. The standard InChI is InChI=1S/C8H15N3/c1-4-5-6-7(2)8(3)10-11-9/h4,7-8H,1,5-6H2,2-3H3/t7-,8+/m1/s1. The van der Waals surface area contributed by atoms with Crippen molar-refractivity contribution in [3.8, 4) is 0 Å². The maximum absolute atomic E-state index is 8.15. The van der Waals surface area contributed by atoms with Crippen molar-refractivity contribution >= 4 is 0 Å². The zero-order valence-corrected chi connectivity index (χ0v) is 7.20. The molecule has 62 valence electrons. The van der Waals surface area contributed by atoms with Crippen LogP contribution in [-0.4, -0.2) is 6.04 Å². The minimum atomic E-state index is 0.0972. The molecule has 3 heteroatoms. The number of azide groups is 1. The SMILES string of the molecule is C=CCC[C@@H](C)[C@H](C)N=[N+]=[N-]. The zero-order chi connectivity index (χ0) is 8.69. The lowest BCUT2D eigenvalue weighted by molar-refractivity contribution is 0.453. The first-order valence-corrected chi connectivity index (χ1v) is 3.87. The van der Waals surface area contributed by atoms with Crippen LogP contribution in [0.5, 0.6) is 0 Å². The number of allylic oxidation sites excluding steroid dienone is 1. The van der Waals surface area contributed by atoms with Crippen molar-refractivity contribution in [2.45, 2.75) is 32.7 Å². The smallest absolute Gasteiger partial charge is 0.0371 e. The molecular formula is C8H15N3. The Labute approximate surface area is 67.7 Å². The van der Waals surface area contributed by atoms with E-state index in [0.29, 0.717) is 5.92 Å². The lowest BCUT2D eigenvalue weighted by Crippen LogP contribution is -2.09. The van der Waals surface area contributed by atoms with Crippen LogP contribution >= 0.6 is 0 Å². The molecule has 0 fully saturated rings. The number of nitrogens with zero attached hydrogens (tertiary/aromatic N) is 3. The van der Waals surface area contributed by atoms with Gasteiger partial charge in [-0.3, -0.25) is 0 Å². The van der Waals surface area contributed by atoms with Crippen molar-refractivity contribution in [3.63, 3.8) is 0 Å². The van der Waals surface area contributed by atoms with E-state index in [2.05, 4.69) is 23.5 Å². The van der Waals surface area contributed by atoms with Crippen LogP contribution in [0.3, 0.4) is 0 Å². The molecule has 0 rings (SSSR count). The summed E-state index contributed by atoms with van der Waals surface area (Å²) in [4.78, 5) is 2.76. The fourth-order valence-corrected chi connectivity index (χ4v) is 0.817. The molecule has 0 aromatic heterocycles. The third-order valence-electron chi connectivity index (χ3n) is 1.88. The molecule has 0 spiro atoms. The first kappa shape index (κ1) is 10.0. The van der Waals surface area contributed by atoms with E-state index in [1.165, 1.54) is 0 Å². The summed E-state index contributed by atoms with van der Waals surface area (Å²) in [6.07, 6.45) is 3.93. The topological polar surface area (TPSA) is 48.8 Å². The number of hydrogen-bond donors (Lipinski definition) is 0. The monoisotopic (exact) mass is 153 g/mol. The van der Waals surface area contributed by atoms with E-state index in [4.69, 9.17) is 5.53 Å². The third kappa shape index (κ3) is 4.45. The Kier molecular flexibility index (Phi) is 5.30. The molecule has 0 N–H and O–H groups in total. The Bertz CT molecular complexity index is 159. The van der Waals surface area contributed by atoms with Gasteiger partial charge in [0.1, 0.15) is 0 Å². The summed E-state index contributed by atoms with van der Waals surface area (Å²) in [7, 11) is 0. The molecule has 0 aliphatic carbocycles. The van der Waals surface area contributed by atoms with Crippen molar-refractivity contribution in [3.05, 3.63) is 23.1 Å². The van der Waals surface area contributed by atoms with Crippen molar-refractivity contribution in [1.82, 2.24) is 0 Å². The summed E-state index contributed by atoms with van der Waals surface area (Å²) < 4.78 is 0. The highest BCUT2D eigenvalue weighted by Gasteiger charge is 2.08. The van der Waals surface area contributed by atoms with Gasteiger partial charge in [0, 0.05) is 11.0 Å². The second-order valence-electron chi connectivity index (χ2n) is 2.79. The Morgan fingerprint density at radius 3 is 2.73 bits per heavy atom. The van der Waals surface area contributed by atoms with Crippen molar-refractivity contribution < 1.29 is 0 Å². The molecule has 0 aliphatic rings. The maximum atomic E-state index is 8.15. The van der Waals surface area contributed by atoms with E-state index in [-0.39, 0.29) is 6.04 Å².